The molecule has 0 spiro atoms. The molecule has 24 heavy (non-hydrogen) atoms. The van der Waals surface area contributed by atoms with Gasteiger partial charge in [0.15, 0.2) is 0 Å². The number of nitrogens with zero attached hydrogens (tertiary/aromatic N) is 2. The van der Waals surface area contributed by atoms with Crippen molar-refractivity contribution in [2.24, 2.45) is 0 Å². The fourth-order valence-electron chi connectivity index (χ4n) is 2.13. The molecule has 0 atom stereocenters. The fourth-order valence-corrected chi connectivity index (χ4v) is 2.32. The average molecular weight is 347 g/mol. The monoisotopic (exact) mass is 346 g/mol. The lowest BCUT2D eigenvalue weighted by Gasteiger charge is -2.11. The molecule has 0 aliphatic carbocycles. The maximum absolute atomic E-state index is 13.7. The van der Waals surface area contributed by atoms with Crippen molar-refractivity contribution in [2.45, 2.75) is 6.92 Å². The van der Waals surface area contributed by atoms with Gasteiger partial charge in [-0.15, -0.1) is 0 Å². The van der Waals surface area contributed by atoms with Gasteiger partial charge in [0.05, 0.1) is 0 Å². The smallest absolute Gasteiger partial charge is 0.229 e. The predicted molar refractivity (Wildman–Crippen MR) is 91.1 cm³/mol. The largest absolute Gasteiger partial charge is 0.340 e. The minimum absolute atomic E-state index is 0.0866. The zero-order valence-corrected chi connectivity index (χ0v) is 13.4. The van der Waals surface area contributed by atoms with Crippen LogP contribution in [0.4, 0.5) is 31.9 Å². The highest BCUT2D eigenvalue weighted by Gasteiger charge is 2.11. The quantitative estimate of drug-likeness (QED) is 0.681. The summed E-state index contributed by atoms with van der Waals surface area (Å²) in [5.74, 6) is -0.874. The molecule has 122 valence electrons. The van der Waals surface area contributed by atoms with Crippen LogP contribution in [0.15, 0.2) is 48.5 Å². The van der Waals surface area contributed by atoms with Crippen LogP contribution in [0.25, 0.3) is 0 Å². The van der Waals surface area contributed by atoms with Crippen molar-refractivity contribution in [1.82, 2.24) is 9.97 Å². The van der Waals surface area contributed by atoms with E-state index in [1.54, 1.807) is 31.2 Å². The summed E-state index contributed by atoms with van der Waals surface area (Å²) < 4.78 is 27.5. The number of anilines is 4. The Morgan fingerprint density at radius 1 is 0.917 bits per heavy atom. The summed E-state index contributed by atoms with van der Waals surface area (Å²) in [6.07, 6.45) is 0. The van der Waals surface area contributed by atoms with Crippen molar-refractivity contribution >= 4 is 34.7 Å². The van der Waals surface area contributed by atoms with Crippen molar-refractivity contribution in [3.05, 3.63) is 70.9 Å². The van der Waals surface area contributed by atoms with Crippen molar-refractivity contribution < 1.29 is 8.78 Å². The maximum atomic E-state index is 13.7. The molecule has 2 aromatic carbocycles. The first kappa shape index (κ1) is 16.1. The van der Waals surface area contributed by atoms with Crippen LogP contribution in [-0.2, 0) is 0 Å². The van der Waals surface area contributed by atoms with Crippen LogP contribution in [0.3, 0.4) is 0 Å². The Balaban J connectivity index is 1.89. The zero-order valence-electron chi connectivity index (χ0n) is 12.6. The van der Waals surface area contributed by atoms with Crippen molar-refractivity contribution in [3.63, 3.8) is 0 Å². The third-order valence-corrected chi connectivity index (χ3v) is 3.39. The molecule has 1 heterocycles. The van der Waals surface area contributed by atoms with Gasteiger partial charge in [0.1, 0.15) is 23.1 Å². The standard InChI is InChI=1S/C17H13ClF2N4/c1-10-8-15(22-12-5-2-4-11(18)9-12)23-17(21-10)24-16-13(19)6-3-7-14(16)20/h2-9H,1H3,(H2,21,22,23,24). The normalized spacial score (nSPS) is 10.5. The molecule has 4 nitrogen and oxygen atoms in total. The number of aromatic nitrogens is 2. The Bertz CT molecular complexity index is 866. The first-order valence-electron chi connectivity index (χ1n) is 7.10. The van der Waals surface area contributed by atoms with Crippen LogP contribution in [0.5, 0.6) is 0 Å². The van der Waals surface area contributed by atoms with Gasteiger partial charge in [-0.05, 0) is 37.3 Å². The molecule has 3 rings (SSSR count). The molecular weight excluding hydrogens is 334 g/mol. The second-order valence-corrected chi connectivity index (χ2v) is 5.51. The second kappa shape index (κ2) is 6.80. The van der Waals surface area contributed by atoms with Gasteiger partial charge in [-0.25, -0.2) is 13.8 Å². The Morgan fingerprint density at radius 2 is 1.62 bits per heavy atom. The van der Waals surface area contributed by atoms with Gasteiger partial charge < -0.3 is 10.6 Å². The molecule has 0 saturated heterocycles. The molecule has 0 bridgehead atoms. The Morgan fingerprint density at radius 3 is 2.33 bits per heavy atom. The first-order valence-corrected chi connectivity index (χ1v) is 7.48. The molecule has 0 fully saturated rings. The van der Waals surface area contributed by atoms with Gasteiger partial charge >= 0.3 is 0 Å². The van der Waals surface area contributed by atoms with E-state index in [9.17, 15) is 8.78 Å². The lowest BCUT2D eigenvalue weighted by molar-refractivity contribution is 0.590. The molecule has 0 amide bonds. The van der Waals surface area contributed by atoms with Crippen LogP contribution >= 0.6 is 11.6 Å². The van der Waals surface area contributed by atoms with E-state index in [0.717, 1.165) is 17.8 Å². The minimum Gasteiger partial charge on any atom is -0.340 e. The maximum Gasteiger partial charge on any atom is 0.229 e. The SMILES string of the molecule is Cc1cc(Nc2cccc(Cl)c2)nc(Nc2c(F)cccc2F)n1. The summed E-state index contributed by atoms with van der Waals surface area (Å²) in [7, 11) is 0. The van der Waals surface area contributed by atoms with Gasteiger partial charge in [0.2, 0.25) is 5.95 Å². The Kier molecular flexibility index (Phi) is 4.57. The van der Waals surface area contributed by atoms with Gasteiger partial charge in [0, 0.05) is 22.5 Å². The summed E-state index contributed by atoms with van der Waals surface area (Å²) in [5.41, 5.74) is 1.08. The molecule has 0 radical (unpaired) electrons. The van der Waals surface area contributed by atoms with E-state index in [1.807, 2.05) is 6.07 Å². The van der Waals surface area contributed by atoms with E-state index in [-0.39, 0.29) is 11.6 Å². The Labute approximate surface area is 142 Å². The summed E-state index contributed by atoms with van der Waals surface area (Å²) >= 11 is 5.95. The number of halogens is 3. The molecule has 3 aromatic rings. The van der Waals surface area contributed by atoms with Gasteiger partial charge in [-0.1, -0.05) is 23.7 Å². The van der Waals surface area contributed by atoms with Crippen molar-refractivity contribution in [2.75, 3.05) is 10.6 Å². The number of hydrogen-bond acceptors (Lipinski definition) is 4. The van der Waals surface area contributed by atoms with Crippen molar-refractivity contribution in [1.29, 1.82) is 0 Å². The van der Waals surface area contributed by atoms with E-state index in [2.05, 4.69) is 20.6 Å². The van der Waals surface area contributed by atoms with E-state index >= 15 is 0 Å². The van der Waals surface area contributed by atoms with E-state index < -0.39 is 11.6 Å². The highest BCUT2D eigenvalue weighted by Crippen LogP contribution is 2.24. The predicted octanol–water partition coefficient (Wildman–Crippen LogP) is 5.20. The van der Waals surface area contributed by atoms with Crippen LogP contribution < -0.4 is 10.6 Å². The number of rotatable bonds is 4. The molecule has 0 saturated carbocycles. The topological polar surface area (TPSA) is 49.8 Å². The number of nitrogens with one attached hydrogen (secondary N) is 2. The first-order chi connectivity index (χ1) is 11.5. The third kappa shape index (κ3) is 3.78. The lowest BCUT2D eigenvalue weighted by Crippen LogP contribution is -2.04. The molecule has 0 aliphatic rings. The average Bonchev–Trinajstić information content (AvgIpc) is 2.50. The Hall–Kier alpha value is -2.73. The summed E-state index contributed by atoms with van der Waals surface area (Å²) in [5, 5.41) is 6.24. The van der Waals surface area contributed by atoms with Crippen LogP contribution in [0, 0.1) is 18.6 Å². The fraction of sp³-hybridized carbons (Fsp3) is 0.0588. The van der Waals surface area contributed by atoms with Crippen molar-refractivity contribution in [3.8, 4) is 0 Å². The molecular formula is C17H13ClF2N4. The summed E-state index contributed by atoms with van der Waals surface area (Å²) in [4.78, 5) is 8.38. The molecule has 0 aliphatic heterocycles. The van der Waals surface area contributed by atoms with E-state index in [0.29, 0.717) is 16.5 Å². The number of para-hydroxylation sites is 1. The van der Waals surface area contributed by atoms with Gasteiger partial charge in [0.25, 0.3) is 0 Å². The van der Waals surface area contributed by atoms with Crippen LogP contribution in [-0.4, -0.2) is 9.97 Å². The number of hydrogen-bond donors (Lipinski definition) is 2. The summed E-state index contributed by atoms with van der Waals surface area (Å²) in [6.45, 7) is 1.76. The lowest BCUT2D eigenvalue weighted by atomic mass is 10.3. The van der Waals surface area contributed by atoms with E-state index in [1.165, 1.54) is 6.07 Å². The number of aryl methyl sites for hydroxylation is 1. The molecule has 1 aromatic heterocycles. The van der Waals surface area contributed by atoms with Crippen LogP contribution in [0.2, 0.25) is 5.02 Å². The summed E-state index contributed by atoms with van der Waals surface area (Å²) in [6, 6.07) is 12.4. The van der Waals surface area contributed by atoms with Gasteiger partial charge in [-0.2, -0.15) is 4.98 Å². The molecule has 7 heteroatoms. The molecule has 2 N–H and O–H groups in total. The van der Waals surface area contributed by atoms with E-state index in [4.69, 9.17) is 11.6 Å². The minimum atomic E-state index is -0.718. The number of benzene rings is 2. The highest BCUT2D eigenvalue weighted by molar-refractivity contribution is 6.30. The zero-order chi connectivity index (χ0) is 17.1. The molecule has 0 unspecified atom stereocenters. The van der Waals surface area contributed by atoms with Gasteiger partial charge in [-0.3, -0.25) is 0 Å². The second-order valence-electron chi connectivity index (χ2n) is 5.08. The third-order valence-electron chi connectivity index (χ3n) is 3.15. The van der Waals surface area contributed by atoms with Crippen LogP contribution in [0.1, 0.15) is 5.69 Å². The highest BCUT2D eigenvalue weighted by atomic mass is 35.5.